The molecule has 0 fully saturated rings. The first kappa shape index (κ1) is 49.3. The third kappa shape index (κ3) is 40.9. The van der Waals surface area contributed by atoms with Crippen LogP contribution < -0.4 is 0 Å². The topological polar surface area (TPSA) is 119 Å². The highest BCUT2D eigenvalue weighted by molar-refractivity contribution is 7.46. The Kier molecular flexibility index (Phi) is 36.7. The first-order valence-corrected chi connectivity index (χ1v) is 22.3. The standard InChI is InChI=1S/C42H77O8P/c1-3-5-7-9-11-13-15-17-19-20-21-22-23-25-27-29-31-33-35-37-42(44)50-40(39-49-51(45,46)47)38-48-41(43)36-34-32-30-28-26-24-18-16-14-12-10-8-6-4-2/h11,13,16-19,40H,3-10,12,14-15,20-39H2,1-2H3,(H2,45,46,47)/b13-11+,18-16+,19-17+/t40-/m1/s1. The molecule has 0 aliphatic heterocycles. The summed E-state index contributed by atoms with van der Waals surface area (Å²) in [4.78, 5) is 42.8. The van der Waals surface area contributed by atoms with Gasteiger partial charge in [-0.25, -0.2) is 4.57 Å². The van der Waals surface area contributed by atoms with Crippen LogP contribution in [0, 0.1) is 0 Å². The van der Waals surface area contributed by atoms with Crippen LogP contribution in [0.5, 0.6) is 0 Å². The van der Waals surface area contributed by atoms with Gasteiger partial charge in [-0.1, -0.05) is 153 Å². The Bertz CT molecular complexity index is 926. The lowest BCUT2D eigenvalue weighted by Crippen LogP contribution is -2.29. The summed E-state index contributed by atoms with van der Waals surface area (Å²) in [6, 6.07) is 0. The third-order valence-corrected chi connectivity index (χ3v) is 9.37. The zero-order chi connectivity index (χ0) is 37.5. The van der Waals surface area contributed by atoms with Crippen LogP contribution in [0.4, 0.5) is 0 Å². The van der Waals surface area contributed by atoms with Crippen LogP contribution in [-0.2, 0) is 28.2 Å². The summed E-state index contributed by atoms with van der Waals surface area (Å²) in [6.45, 7) is 3.64. The molecule has 0 saturated carbocycles. The molecule has 0 aromatic carbocycles. The molecule has 0 spiro atoms. The van der Waals surface area contributed by atoms with Gasteiger partial charge >= 0.3 is 19.8 Å². The maximum absolute atomic E-state index is 12.4. The zero-order valence-corrected chi connectivity index (χ0v) is 33.6. The normalized spacial score (nSPS) is 12.8. The van der Waals surface area contributed by atoms with E-state index >= 15 is 0 Å². The largest absolute Gasteiger partial charge is 0.469 e. The number of allylic oxidation sites excluding steroid dienone is 6. The molecule has 0 aromatic heterocycles. The predicted octanol–water partition coefficient (Wildman–Crippen LogP) is 12.6. The first-order valence-electron chi connectivity index (χ1n) is 20.8. The highest BCUT2D eigenvalue weighted by Gasteiger charge is 2.22. The highest BCUT2D eigenvalue weighted by atomic mass is 31.2. The zero-order valence-electron chi connectivity index (χ0n) is 32.8. The smallest absolute Gasteiger partial charge is 0.462 e. The van der Waals surface area contributed by atoms with Gasteiger partial charge < -0.3 is 19.3 Å². The molecule has 0 aliphatic carbocycles. The molecule has 298 valence electrons. The van der Waals surface area contributed by atoms with E-state index < -0.39 is 32.5 Å². The molecule has 0 aromatic rings. The second-order valence-electron chi connectivity index (χ2n) is 14.0. The Balaban J connectivity index is 3.92. The molecule has 0 heterocycles. The predicted molar refractivity (Wildman–Crippen MR) is 211 cm³/mol. The van der Waals surface area contributed by atoms with Gasteiger partial charge in [-0.3, -0.25) is 14.1 Å². The van der Waals surface area contributed by atoms with E-state index in [1.807, 2.05) is 0 Å². The molecule has 8 nitrogen and oxygen atoms in total. The first-order chi connectivity index (χ1) is 24.8. The Labute approximate surface area is 312 Å². The van der Waals surface area contributed by atoms with Gasteiger partial charge in [-0.15, -0.1) is 0 Å². The Morgan fingerprint density at radius 3 is 1.35 bits per heavy atom. The summed E-state index contributed by atoms with van der Waals surface area (Å²) in [5.74, 6) is -0.897. The second-order valence-corrected chi connectivity index (χ2v) is 15.2. The van der Waals surface area contributed by atoms with Crippen molar-refractivity contribution in [2.45, 2.75) is 206 Å². The van der Waals surface area contributed by atoms with E-state index in [0.717, 1.165) is 64.2 Å². The van der Waals surface area contributed by atoms with Crippen LogP contribution in [0.15, 0.2) is 36.5 Å². The maximum Gasteiger partial charge on any atom is 0.469 e. The van der Waals surface area contributed by atoms with Crippen molar-refractivity contribution >= 4 is 19.8 Å². The number of carbonyl (C=O) groups is 2. The van der Waals surface area contributed by atoms with E-state index in [0.29, 0.717) is 12.8 Å². The molecule has 0 aliphatic rings. The van der Waals surface area contributed by atoms with Crippen LogP contribution in [0.25, 0.3) is 0 Å². The van der Waals surface area contributed by atoms with E-state index in [-0.39, 0.29) is 19.4 Å². The van der Waals surface area contributed by atoms with E-state index in [1.54, 1.807) is 0 Å². The van der Waals surface area contributed by atoms with Crippen molar-refractivity contribution in [1.29, 1.82) is 0 Å². The van der Waals surface area contributed by atoms with Gasteiger partial charge in [0.25, 0.3) is 0 Å². The molecule has 0 rings (SSSR count). The van der Waals surface area contributed by atoms with Crippen molar-refractivity contribution in [2.24, 2.45) is 0 Å². The molecule has 0 amide bonds. The monoisotopic (exact) mass is 741 g/mol. The summed E-state index contributed by atoms with van der Waals surface area (Å²) >= 11 is 0. The van der Waals surface area contributed by atoms with Crippen molar-refractivity contribution in [2.75, 3.05) is 13.2 Å². The van der Waals surface area contributed by atoms with Crippen LogP contribution in [0.2, 0.25) is 0 Å². The Morgan fingerprint density at radius 2 is 0.882 bits per heavy atom. The molecular formula is C42H77O8P. The van der Waals surface area contributed by atoms with Gasteiger partial charge in [-0.2, -0.15) is 0 Å². The minimum absolute atomic E-state index is 0.206. The van der Waals surface area contributed by atoms with Gasteiger partial charge in [0.1, 0.15) is 6.61 Å². The molecule has 0 unspecified atom stereocenters. The summed E-state index contributed by atoms with van der Waals surface area (Å²) < 4.78 is 26.4. The number of ether oxygens (including phenoxy) is 2. The summed E-state index contributed by atoms with van der Waals surface area (Å²) in [7, 11) is -4.75. The van der Waals surface area contributed by atoms with Crippen LogP contribution in [0.1, 0.15) is 200 Å². The number of carbonyl (C=O) groups excluding carboxylic acids is 2. The van der Waals surface area contributed by atoms with Crippen LogP contribution in [-0.4, -0.2) is 41.0 Å². The Hall–Kier alpha value is -1.73. The number of esters is 2. The fraction of sp³-hybridized carbons (Fsp3) is 0.810. The number of phosphoric ester groups is 1. The molecule has 0 bridgehead atoms. The molecular weight excluding hydrogens is 663 g/mol. The van der Waals surface area contributed by atoms with E-state index in [2.05, 4.69) is 54.8 Å². The number of rotatable bonds is 38. The average Bonchev–Trinajstić information content (AvgIpc) is 3.10. The number of hydrogen-bond donors (Lipinski definition) is 2. The minimum Gasteiger partial charge on any atom is -0.462 e. The summed E-state index contributed by atoms with van der Waals surface area (Å²) in [6.07, 6.45) is 44.3. The van der Waals surface area contributed by atoms with E-state index in [9.17, 15) is 14.2 Å². The van der Waals surface area contributed by atoms with Crippen molar-refractivity contribution < 1.29 is 37.9 Å². The van der Waals surface area contributed by atoms with Gasteiger partial charge in [-0.05, 0) is 70.6 Å². The number of phosphoric acid groups is 1. The summed E-state index contributed by atoms with van der Waals surface area (Å²) in [5.41, 5.74) is 0. The lowest BCUT2D eigenvalue weighted by atomic mass is 10.1. The van der Waals surface area contributed by atoms with E-state index in [1.165, 1.54) is 96.3 Å². The molecule has 0 radical (unpaired) electrons. The highest BCUT2D eigenvalue weighted by Crippen LogP contribution is 2.36. The van der Waals surface area contributed by atoms with Gasteiger partial charge in [0.2, 0.25) is 0 Å². The molecule has 9 heteroatoms. The van der Waals surface area contributed by atoms with Gasteiger partial charge in [0, 0.05) is 12.8 Å². The molecule has 51 heavy (non-hydrogen) atoms. The SMILES string of the molecule is CCCCC/C=C/C/C=C/CCCCCCCCCCCC(=O)O[C@H](COC(=O)CCCCCCC/C=C/CCCCCCC)COP(=O)(O)O. The minimum atomic E-state index is -4.75. The molecule has 0 saturated heterocycles. The lowest BCUT2D eigenvalue weighted by Gasteiger charge is -2.18. The quantitative estimate of drug-likeness (QED) is 0.0278. The fourth-order valence-electron chi connectivity index (χ4n) is 5.75. The average molecular weight is 741 g/mol. The summed E-state index contributed by atoms with van der Waals surface area (Å²) in [5, 5.41) is 0. The van der Waals surface area contributed by atoms with Crippen molar-refractivity contribution in [3.05, 3.63) is 36.5 Å². The van der Waals surface area contributed by atoms with Crippen molar-refractivity contribution in [3.8, 4) is 0 Å². The Morgan fingerprint density at radius 1 is 0.510 bits per heavy atom. The lowest BCUT2D eigenvalue weighted by molar-refractivity contribution is -0.161. The fourth-order valence-corrected chi connectivity index (χ4v) is 6.11. The van der Waals surface area contributed by atoms with Crippen LogP contribution in [0.3, 0.4) is 0 Å². The second kappa shape index (κ2) is 38.0. The maximum atomic E-state index is 12.4. The number of unbranched alkanes of at least 4 members (excludes halogenated alkanes) is 22. The van der Waals surface area contributed by atoms with E-state index in [4.69, 9.17) is 19.3 Å². The molecule has 2 N–H and O–H groups in total. The van der Waals surface area contributed by atoms with Crippen molar-refractivity contribution in [1.82, 2.24) is 0 Å². The third-order valence-electron chi connectivity index (χ3n) is 8.88. The van der Waals surface area contributed by atoms with Crippen LogP contribution >= 0.6 is 7.82 Å². The van der Waals surface area contributed by atoms with Crippen molar-refractivity contribution in [3.63, 3.8) is 0 Å². The van der Waals surface area contributed by atoms with Gasteiger partial charge in [0.05, 0.1) is 6.61 Å². The molecule has 1 atom stereocenters. The van der Waals surface area contributed by atoms with Gasteiger partial charge in [0.15, 0.2) is 6.10 Å². The number of hydrogen-bond acceptors (Lipinski definition) is 6.